The summed E-state index contributed by atoms with van der Waals surface area (Å²) in [4.78, 5) is 23.8. The van der Waals surface area contributed by atoms with Gasteiger partial charge in [-0.15, -0.1) is 0 Å². The normalized spacial score (nSPS) is 20.4. The predicted molar refractivity (Wildman–Crippen MR) is 91.8 cm³/mol. The maximum atomic E-state index is 14.6. The highest BCUT2D eigenvalue weighted by Crippen LogP contribution is 2.33. The molecule has 1 fully saturated rings. The fourth-order valence-electron chi connectivity index (χ4n) is 2.48. The van der Waals surface area contributed by atoms with Gasteiger partial charge in [0.05, 0.1) is 13.2 Å². The highest BCUT2D eigenvalue weighted by molar-refractivity contribution is 5.88. The number of benzene rings is 1. The number of halogens is 2. The number of hydrogen-bond donors (Lipinski definition) is 0. The van der Waals surface area contributed by atoms with E-state index < -0.39 is 35.9 Å². The molecule has 0 spiro atoms. The molecular weight excluding hydrogens is 362 g/mol. The Morgan fingerprint density at radius 1 is 1.33 bits per heavy atom. The van der Waals surface area contributed by atoms with Gasteiger partial charge in [-0.2, -0.15) is 8.78 Å². The van der Waals surface area contributed by atoms with Crippen LogP contribution >= 0.6 is 0 Å². The first-order chi connectivity index (χ1) is 12.7. The first kappa shape index (κ1) is 21.0. The minimum absolute atomic E-state index is 0.240. The number of alkyl halides is 2. The van der Waals surface area contributed by atoms with Crippen LogP contribution in [0.15, 0.2) is 36.4 Å². The second-order valence-corrected chi connectivity index (χ2v) is 6.31. The van der Waals surface area contributed by atoms with Crippen molar-refractivity contribution in [1.29, 1.82) is 0 Å². The number of carbonyl (C=O) groups excluding carboxylic acids is 2. The van der Waals surface area contributed by atoms with Gasteiger partial charge in [0.15, 0.2) is 5.79 Å². The molecule has 1 unspecified atom stereocenters. The van der Waals surface area contributed by atoms with Crippen LogP contribution in [-0.4, -0.2) is 49.1 Å². The zero-order valence-corrected chi connectivity index (χ0v) is 15.3. The summed E-state index contributed by atoms with van der Waals surface area (Å²) >= 11 is 0. The van der Waals surface area contributed by atoms with Crippen LogP contribution < -0.4 is 0 Å². The predicted octanol–water partition coefficient (Wildman–Crippen LogP) is 2.96. The smallest absolute Gasteiger partial charge is 0.381 e. The molecule has 2 rings (SSSR count). The molecule has 0 bridgehead atoms. The molecule has 2 atom stereocenters. The summed E-state index contributed by atoms with van der Waals surface area (Å²) in [5, 5.41) is 0. The summed E-state index contributed by atoms with van der Waals surface area (Å²) in [6, 6.07) is 8.77. The van der Waals surface area contributed by atoms with Crippen LogP contribution in [0.4, 0.5) is 8.78 Å². The van der Waals surface area contributed by atoms with Crippen molar-refractivity contribution in [2.24, 2.45) is 0 Å². The van der Waals surface area contributed by atoms with Gasteiger partial charge in [0, 0.05) is 6.08 Å². The summed E-state index contributed by atoms with van der Waals surface area (Å²) in [6.07, 6.45) is -1.10. The van der Waals surface area contributed by atoms with Crippen LogP contribution in [0.25, 0.3) is 6.08 Å². The van der Waals surface area contributed by atoms with Gasteiger partial charge in [-0.3, -0.25) is 0 Å². The number of hydrogen-bond acceptors (Lipinski definition) is 6. The number of ether oxygens (including phenoxy) is 4. The van der Waals surface area contributed by atoms with E-state index in [1.54, 1.807) is 30.3 Å². The Kier molecular flexibility index (Phi) is 6.67. The summed E-state index contributed by atoms with van der Waals surface area (Å²) in [5.74, 6) is -8.06. The van der Waals surface area contributed by atoms with Crippen LogP contribution in [0, 0.1) is 0 Å². The van der Waals surface area contributed by atoms with Gasteiger partial charge in [-0.25, -0.2) is 9.59 Å². The van der Waals surface area contributed by atoms with Crippen LogP contribution in [-0.2, 0) is 28.5 Å². The van der Waals surface area contributed by atoms with Crippen molar-refractivity contribution in [1.82, 2.24) is 0 Å². The molecule has 1 heterocycles. The molecule has 1 aliphatic rings. The molecule has 1 aliphatic heterocycles. The topological polar surface area (TPSA) is 71.1 Å². The third kappa shape index (κ3) is 5.58. The Labute approximate surface area is 156 Å². The molecule has 0 aliphatic carbocycles. The lowest BCUT2D eigenvalue weighted by Gasteiger charge is -2.28. The van der Waals surface area contributed by atoms with E-state index in [0.29, 0.717) is 5.56 Å². The molecule has 0 aromatic heterocycles. The van der Waals surface area contributed by atoms with Gasteiger partial charge in [0.25, 0.3) is 0 Å². The number of rotatable bonds is 7. The molecule has 0 N–H and O–H groups in total. The molecule has 1 aromatic rings. The van der Waals surface area contributed by atoms with Crippen molar-refractivity contribution in [2.45, 2.75) is 44.7 Å². The van der Waals surface area contributed by atoms with Crippen molar-refractivity contribution < 1.29 is 37.3 Å². The van der Waals surface area contributed by atoms with Crippen molar-refractivity contribution in [3.05, 3.63) is 42.0 Å². The number of esters is 2. The second-order valence-electron chi connectivity index (χ2n) is 6.31. The van der Waals surface area contributed by atoms with Crippen molar-refractivity contribution in [2.75, 3.05) is 13.2 Å². The summed E-state index contributed by atoms with van der Waals surface area (Å²) in [5.41, 5.74) is 0.685. The van der Waals surface area contributed by atoms with Gasteiger partial charge in [-0.05, 0) is 32.4 Å². The van der Waals surface area contributed by atoms with Gasteiger partial charge in [-0.1, -0.05) is 30.3 Å². The first-order valence-corrected chi connectivity index (χ1v) is 8.46. The van der Waals surface area contributed by atoms with Gasteiger partial charge in [0.2, 0.25) is 6.10 Å². The van der Waals surface area contributed by atoms with E-state index in [4.69, 9.17) is 14.2 Å². The Morgan fingerprint density at radius 2 is 2.00 bits per heavy atom. The quantitative estimate of drug-likeness (QED) is 0.532. The molecule has 0 saturated carbocycles. The minimum atomic E-state index is -4.10. The monoisotopic (exact) mass is 384 g/mol. The van der Waals surface area contributed by atoms with Gasteiger partial charge >= 0.3 is 17.9 Å². The average Bonchev–Trinajstić information content (AvgIpc) is 2.98. The second kappa shape index (κ2) is 8.58. The molecular formula is C19H22F2O6. The van der Waals surface area contributed by atoms with E-state index >= 15 is 0 Å². The Balaban J connectivity index is 2.18. The zero-order chi connectivity index (χ0) is 20.1. The molecule has 148 valence electrons. The SMILES string of the molecule is CCOC(=O)C(F)(F)C(OC(=O)/C=C/c1ccccc1)[C@H]1COC(C)(C)O1. The van der Waals surface area contributed by atoms with E-state index in [0.717, 1.165) is 6.08 Å². The summed E-state index contributed by atoms with van der Waals surface area (Å²) in [6.45, 7) is 3.96. The maximum Gasteiger partial charge on any atom is 0.381 e. The van der Waals surface area contributed by atoms with Crippen molar-refractivity contribution in [3.8, 4) is 0 Å². The third-order valence-electron chi connectivity index (χ3n) is 3.73. The molecule has 0 amide bonds. The highest BCUT2D eigenvalue weighted by Gasteiger charge is 2.57. The van der Waals surface area contributed by atoms with E-state index in [1.807, 2.05) is 0 Å². The van der Waals surface area contributed by atoms with Crippen molar-refractivity contribution >= 4 is 18.0 Å². The third-order valence-corrected chi connectivity index (χ3v) is 3.73. The zero-order valence-electron chi connectivity index (χ0n) is 15.3. The van der Waals surface area contributed by atoms with Crippen LogP contribution in [0.2, 0.25) is 0 Å². The molecule has 27 heavy (non-hydrogen) atoms. The Morgan fingerprint density at radius 3 is 2.56 bits per heavy atom. The van der Waals surface area contributed by atoms with Crippen LogP contribution in [0.3, 0.4) is 0 Å². The fourth-order valence-corrected chi connectivity index (χ4v) is 2.48. The summed E-state index contributed by atoms with van der Waals surface area (Å²) < 4.78 is 49.1. The molecule has 1 aromatic carbocycles. The minimum Gasteiger partial charge on any atom is -0.461 e. The lowest BCUT2D eigenvalue weighted by atomic mass is 10.1. The average molecular weight is 384 g/mol. The van der Waals surface area contributed by atoms with E-state index in [2.05, 4.69) is 4.74 Å². The van der Waals surface area contributed by atoms with Gasteiger partial charge < -0.3 is 18.9 Å². The standard InChI is InChI=1S/C19H22F2O6/c1-4-24-17(23)19(20,21)16(14-12-25-18(2,3)27-14)26-15(22)11-10-13-8-6-5-7-9-13/h5-11,14,16H,4,12H2,1-3H3/b11-10+/t14-,16?/m1/s1. The highest BCUT2D eigenvalue weighted by atomic mass is 19.3. The maximum absolute atomic E-state index is 14.6. The van der Waals surface area contributed by atoms with E-state index in [9.17, 15) is 18.4 Å². The molecule has 6 nitrogen and oxygen atoms in total. The van der Waals surface area contributed by atoms with Crippen LogP contribution in [0.1, 0.15) is 26.3 Å². The van der Waals surface area contributed by atoms with E-state index in [1.165, 1.54) is 26.8 Å². The Bertz CT molecular complexity index is 687. The molecule has 8 heteroatoms. The van der Waals surface area contributed by atoms with Gasteiger partial charge in [0.1, 0.15) is 6.10 Å². The molecule has 1 saturated heterocycles. The van der Waals surface area contributed by atoms with Crippen LogP contribution in [0.5, 0.6) is 0 Å². The summed E-state index contributed by atoms with van der Waals surface area (Å²) in [7, 11) is 0. The lowest BCUT2D eigenvalue weighted by molar-refractivity contribution is -0.218. The largest absolute Gasteiger partial charge is 0.461 e. The van der Waals surface area contributed by atoms with Crippen molar-refractivity contribution in [3.63, 3.8) is 0 Å². The first-order valence-electron chi connectivity index (χ1n) is 8.46. The fraction of sp³-hybridized carbons (Fsp3) is 0.474. The Hall–Kier alpha value is -2.32. The molecule has 0 radical (unpaired) electrons. The lowest BCUT2D eigenvalue weighted by Crippen LogP contribution is -2.52. The van der Waals surface area contributed by atoms with E-state index in [-0.39, 0.29) is 13.2 Å². The number of carbonyl (C=O) groups is 2.